The molecule has 1 aliphatic rings. The molecule has 0 aliphatic carbocycles. The highest BCUT2D eigenvalue weighted by atomic mass is 32.1. The number of rotatable bonds is 6. The lowest BCUT2D eigenvalue weighted by molar-refractivity contribution is 0.141. The van der Waals surface area contributed by atoms with Gasteiger partial charge in [0.2, 0.25) is 0 Å². The number of piperidine rings is 1. The predicted molar refractivity (Wildman–Crippen MR) is 82.9 cm³/mol. The Morgan fingerprint density at radius 1 is 1.33 bits per heavy atom. The smallest absolute Gasteiger partial charge is 0.0784 e. The Bertz CT molecular complexity index is 268. The lowest BCUT2D eigenvalue weighted by atomic mass is 9.87. The molecule has 0 aromatic rings. The largest absolute Gasteiger partial charge is 0.393 e. The van der Waals surface area contributed by atoms with Gasteiger partial charge in [-0.3, -0.25) is 0 Å². The van der Waals surface area contributed by atoms with Crippen LogP contribution in [0.4, 0.5) is 0 Å². The zero-order valence-corrected chi connectivity index (χ0v) is 13.2. The van der Waals surface area contributed by atoms with Crippen molar-refractivity contribution in [3.8, 4) is 0 Å². The maximum Gasteiger partial charge on any atom is 0.0784 e. The fourth-order valence-corrected chi connectivity index (χ4v) is 2.63. The van der Waals surface area contributed by atoms with E-state index in [9.17, 15) is 0 Å². The third kappa shape index (κ3) is 4.82. The summed E-state index contributed by atoms with van der Waals surface area (Å²) in [6.45, 7) is 7.94. The van der Waals surface area contributed by atoms with Gasteiger partial charge in [-0.25, -0.2) is 0 Å². The minimum atomic E-state index is 0.0112. The number of hydrogen-bond acceptors (Lipinski definition) is 3. The normalized spacial score (nSPS) is 19.4. The molecule has 0 aromatic carbocycles. The van der Waals surface area contributed by atoms with Crippen LogP contribution in [-0.2, 0) is 0 Å². The second-order valence-corrected chi connectivity index (χ2v) is 6.83. The molecule has 1 rings (SSSR count). The zero-order valence-electron chi connectivity index (χ0n) is 12.4. The number of likely N-dealkylation sites (tertiary alicyclic amines) is 1. The molecular weight excluding hydrogens is 242 g/mol. The van der Waals surface area contributed by atoms with Crippen LogP contribution in [0.1, 0.15) is 39.5 Å². The number of thiocarbonyl (C=S) groups is 1. The van der Waals surface area contributed by atoms with Gasteiger partial charge < -0.3 is 15.5 Å². The molecule has 0 aromatic heterocycles. The number of nitrogens with zero attached hydrogens (tertiary/aromatic N) is 2. The molecule has 0 unspecified atom stereocenters. The van der Waals surface area contributed by atoms with Crippen LogP contribution in [0.25, 0.3) is 0 Å². The highest BCUT2D eigenvalue weighted by molar-refractivity contribution is 7.80. The average molecular weight is 271 g/mol. The van der Waals surface area contributed by atoms with Crippen LogP contribution in [0.2, 0.25) is 0 Å². The lowest BCUT2D eigenvalue weighted by Crippen LogP contribution is -2.42. The van der Waals surface area contributed by atoms with Gasteiger partial charge in [-0.2, -0.15) is 0 Å². The van der Waals surface area contributed by atoms with Crippen LogP contribution in [-0.4, -0.2) is 54.6 Å². The Kier molecular flexibility index (Phi) is 6.02. The Labute approximate surface area is 118 Å². The first-order valence-electron chi connectivity index (χ1n) is 7.01. The first-order chi connectivity index (χ1) is 8.33. The maximum absolute atomic E-state index is 5.75. The fourth-order valence-electron chi connectivity index (χ4n) is 2.53. The minimum Gasteiger partial charge on any atom is -0.393 e. The van der Waals surface area contributed by atoms with Gasteiger partial charge in [-0.15, -0.1) is 0 Å². The Morgan fingerprint density at radius 3 is 2.33 bits per heavy atom. The molecular formula is C14H29N3S. The molecule has 1 saturated heterocycles. The Morgan fingerprint density at radius 2 is 1.89 bits per heavy atom. The van der Waals surface area contributed by atoms with Gasteiger partial charge in [0, 0.05) is 11.5 Å². The van der Waals surface area contributed by atoms with E-state index in [0.29, 0.717) is 4.99 Å². The predicted octanol–water partition coefficient (Wildman–Crippen LogP) is 2.10. The standard InChI is InChI=1S/C14H29N3S/c1-14(2,13(15)18)8-5-9-17-10-6-12(7-11-17)16(3)4/h12H,5-11H2,1-4H3,(H2,15,18). The van der Waals surface area contributed by atoms with E-state index in [1.165, 1.54) is 38.9 Å². The van der Waals surface area contributed by atoms with E-state index in [-0.39, 0.29) is 5.41 Å². The molecule has 1 heterocycles. The van der Waals surface area contributed by atoms with Crippen molar-refractivity contribution in [2.45, 2.75) is 45.6 Å². The Balaban J connectivity index is 2.21. The van der Waals surface area contributed by atoms with E-state index in [1.807, 2.05) is 0 Å². The van der Waals surface area contributed by atoms with E-state index in [0.717, 1.165) is 12.5 Å². The average Bonchev–Trinajstić information content (AvgIpc) is 2.29. The van der Waals surface area contributed by atoms with Gasteiger partial charge in [-0.1, -0.05) is 26.1 Å². The van der Waals surface area contributed by atoms with Crippen LogP contribution in [0.5, 0.6) is 0 Å². The van der Waals surface area contributed by atoms with Crippen LogP contribution in [0, 0.1) is 5.41 Å². The van der Waals surface area contributed by atoms with Gasteiger partial charge in [0.15, 0.2) is 0 Å². The molecule has 0 radical (unpaired) electrons. The van der Waals surface area contributed by atoms with Crippen molar-refractivity contribution in [1.29, 1.82) is 0 Å². The molecule has 0 saturated carbocycles. The van der Waals surface area contributed by atoms with Gasteiger partial charge in [0.25, 0.3) is 0 Å². The summed E-state index contributed by atoms with van der Waals surface area (Å²) < 4.78 is 0. The van der Waals surface area contributed by atoms with Gasteiger partial charge in [0.05, 0.1) is 4.99 Å². The molecule has 0 spiro atoms. The van der Waals surface area contributed by atoms with Gasteiger partial charge in [0.1, 0.15) is 0 Å². The topological polar surface area (TPSA) is 32.5 Å². The molecule has 0 atom stereocenters. The molecule has 4 heteroatoms. The van der Waals surface area contributed by atoms with Crippen molar-refractivity contribution in [2.24, 2.45) is 11.1 Å². The molecule has 0 bridgehead atoms. The quantitative estimate of drug-likeness (QED) is 0.750. The number of nitrogens with two attached hydrogens (primary N) is 1. The maximum atomic E-state index is 5.75. The first kappa shape index (κ1) is 15.9. The minimum absolute atomic E-state index is 0.0112. The van der Waals surface area contributed by atoms with E-state index in [4.69, 9.17) is 18.0 Å². The Hall–Kier alpha value is -0.190. The second kappa shape index (κ2) is 6.83. The van der Waals surface area contributed by atoms with E-state index in [2.05, 4.69) is 37.7 Å². The lowest BCUT2D eigenvalue weighted by Gasteiger charge is -2.35. The molecule has 1 fully saturated rings. The molecule has 18 heavy (non-hydrogen) atoms. The SMILES string of the molecule is CN(C)C1CCN(CCCC(C)(C)C(N)=S)CC1. The van der Waals surface area contributed by atoms with Crippen molar-refractivity contribution < 1.29 is 0 Å². The van der Waals surface area contributed by atoms with Crippen LogP contribution in [0.15, 0.2) is 0 Å². The van der Waals surface area contributed by atoms with Crippen molar-refractivity contribution >= 4 is 17.2 Å². The van der Waals surface area contributed by atoms with E-state index >= 15 is 0 Å². The van der Waals surface area contributed by atoms with Crippen molar-refractivity contribution in [2.75, 3.05) is 33.7 Å². The van der Waals surface area contributed by atoms with E-state index in [1.54, 1.807) is 0 Å². The summed E-state index contributed by atoms with van der Waals surface area (Å²) in [5, 5.41) is 0. The van der Waals surface area contributed by atoms with Gasteiger partial charge >= 0.3 is 0 Å². The van der Waals surface area contributed by atoms with Crippen molar-refractivity contribution in [1.82, 2.24) is 9.80 Å². The van der Waals surface area contributed by atoms with Crippen LogP contribution < -0.4 is 5.73 Å². The second-order valence-electron chi connectivity index (χ2n) is 6.39. The summed E-state index contributed by atoms with van der Waals surface area (Å²) in [5.74, 6) is 0. The third-order valence-electron chi connectivity index (χ3n) is 4.23. The number of hydrogen-bond donors (Lipinski definition) is 1. The highest BCUT2D eigenvalue weighted by Gasteiger charge is 2.23. The third-order valence-corrected chi connectivity index (χ3v) is 4.78. The van der Waals surface area contributed by atoms with Crippen LogP contribution >= 0.6 is 12.2 Å². The van der Waals surface area contributed by atoms with Crippen molar-refractivity contribution in [3.05, 3.63) is 0 Å². The monoisotopic (exact) mass is 271 g/mol. The van der Waals surface area contributed by atoms with Gasteiger partial charge in [-0.05, 0) is 59.4 Å². The zero-order chi connectivity index (χ0) is 13.8. The molecule has 2 N–H and O–H groups in total. The summed E-state index contributed by atoms with van der Waals surface area (Å²) in [7, 11) is 4.37. The fraction of sp³-hybridized carbons (Fsp3) is 0.929. The molecule has 106 valence electrons. The summed E-state index contributed by atoms with van der Waals surface area (Å²) in [5.41, 5.74) is 5.76. The summed E-state index contributed by atoms with van der Waals surface area (Å²) >= 11 is 5.10. The summed E-state index contributed by atoms with van der Waals surface area (Å²) in [6, 6.07) is 0.773. The molecule has 0 amide bonds. The first-order valence-corrected chi connectivity index (χ1v) is 7.42. The molecule has 1 aliphatic heterocycles. The highest BCUT2D eigenvalue weighted by Crippen LogP contribution is 2.23. The van der Waals surface area contributed by atoms with E-state index < -0.39 is 0 Å². The summed E-state index contributed by atoms with van der Waals surface area (Å²) in [6.07, 6.45) is 4.88. The van der Waals surface area contributed by atoms with Crippen LogP contribution in [0.3, 0.4) is 0 Å². The van der Waals surface area contributed by atoms with Crippen molar-refractivity contribution in [3.63, 3.8) is 0 Å². The molecule has 3 nitrogen and oxygen atoms in total. The summed E-state index contributed by atoms with van der Waals surface area (Å²) in [4.78, 5) is 5.58.